The Balaban J connectivity index is 2.98. The molecular weight excluding hydrogens is 224 g/mol. The van der Waals surface area contributed by atoms with Gasteiger partial charge in [0.05, 0.1) is 5.56 Å². The van der Waals surface area contributed by atoms with Gasteiger partial charge in [-0.2, -0.15) is 0 Å². The second-order valence-corrected chi connectivity index (χ2v) is 3.82. The van der Waals surface area contributed by atoms with Gasteiger partial charge in [0.25, 0.3) is 5.91 Å². The Morgan fingerprint density at radius 2 is 2.29 bits per heavy atom. The lowest BCUT2D eigenvalue weighted by atomic mass is 10.2. The van der Waals surface area contributed by atoms with Crippen molar-refractivity contribution < 1.29 is 9.59 Å². The lowest BCUT2D eigenvalue weighted by molar-refractivity contribution is -0.113. The summed E-state index contributed by atoms with van der Waals surface area (Å²) in [5, 5.41) is 4.72. The van der Waals surface area contributed by atoms with Crippen molar-refractivity contribution >= 4 is 39.8 Å². The first-order valence-electron chi connectivity index (χ1n) is 3.80. The highest BCUT2D eigenvalue weighted by atomic mass is 35.5. The molecular formula is C8H9ClN2O2S. The molecule has 6 heteroatoms. The van der Waals surface area contributed by atoms with Crippen LogP contribution in [0.3, 0.4) is 0 Å². The topological polar surface area (TPSA) is 72.2 Å². The number of hydrogen-bond acceptors (Lipinski definition) is 3. The SMILES string of the molecule is Cc1csc(NC(=O)CCl)c1C(N)=O. The van der Waals surface area contributed by atoms with E-state index in [4.69, 9.17) is 17.3 Å². The monoisotopic (exact) mass is 232 g/mol. The number of primary amides is 1. The van der Waals surface area contributed by atoms with Gasteiger partial charge >= 0.3 is 0 Å². The molecule has 0 atom stereocenters. The van der Waals surface area contributed by atoms with Crippen molar-refractivity contribution in [3.8, 4) is 0 Å². The molecule has 1 aromatic rings. The molecule has 0 bridgehead atoms. The largest absolute Gasteiger partial charge is 0.365 e. The number of halogens is 1. The zero-order valence-electron chi connectivity index (χ0n) is 7.46. The normalized spacial score (nSPS) is 9.86. The Hall–Kier alpha value is -1.07. The van der Waals surface area contributed by atoms with E-state index in [0.717, 1.165) is 5.56 Å². The van der Waals surface area contributed by atoms with Gasteiger partial charge in [-0.15, -0.1) is 22.9 Å². The zero-order valence-corrected chi connectivity index (χ0v) is 9.04. The summed E-state index contributed by atoms with van der Waals surface area (Å²) >= 11 is 6.57. The Labute approximate surface area is 90.0 Å². The number of carbonyl (C=O) groups excluding carboxylic acids is 2. The quantitative estimate of drug-likeness (QED) is 0.772. The van der Waals surface area contributed by atoms with Crippen molar-refractivity contribution in [2.45, 2.75) is 6.92 Å². The first-order valence-corrected chi connectivity index (χ1v) is 5.21. The van der Waals surface area contributed by atoms with Gasteiger partial charge in [-0.05, 0) is 17.9 Å². The number of hydrogen-bond donors (Lipinski definition) is 2. The van der Waals surface area contributed by atoms with Crippen LogP contribution in [0.4, 0.5) is 5.00 Å². The van der Waals surface area contributed by atoms with Crippen LogP contribution in [0.1, 0.15) is 15.9 Å². The first kappa shape index (κ1) is 11.0. The molecule has 1 aromatic heterocycles. The molecule has 76 valence electrons. The third-order valence-electron chi connectivity index (χ3n) is 1.60. The fourth-order valence-corrected chi connectivity index (χ4v) is 2.03. The van der Waals surface area contributed by atoms with Crippen molar-refractivity contribution in [3.05, 3.63) is 16.5 Å². The molecule has 0 fully saturated rings. The number of alkyl halides is 1. The van der Waals surface area contributed by atoms with E-state index in [0.29, 0.717) is 10.6 Å². The van der Waals surface area contributed by atoms with Gasteiger partial charge in [-0.1, -0.05) is 0 Å². The van der Waals surface area contributed by atoms with E-state index < -0.39 is 5.91 Å². The van der Waals surface area contributed by atoms with Crippen molar-refractivity contribution in [2.24, 2.45) is 5.73 Å². The number of carbonyl (C=O) groups is 2. The third kappa shape index (κ3) is 2.24. The van der Waals surface area contributed by atoms with E-state index in [9.17, 15) is 9.59 Å². The van der Waals surface area contributed by atoms with Crippen LogP contribution in [0.15, 0.2) is 5.38 Å². The Morgan fingerprint density at radius 1 is 1.64 bits per heavy atom. The van der Waals surface area contributed by atoms with Gasteiger partial charge in [-0.25, -0.2) is 0 Å². The van der Waals surface area contributed by atoms with E-state index in [-0.39, 0.29) is 11.8 Å². The van der Waals surface area contributed by atoms with Crippen LogP contribution in [0.2, 0.25) is 0 Å². The van der Waals surface area contributed by atoms with Crippen LogP contribution < -0.4 is 11.1 Å². The predicted octanol–water partition coefficient (Wildman–Crippen LogP) is 1.33. The van der Waals surface area contributed by atoms with E-state index in [2.05, 4.69) is 5.32 Å². The van der Waals surface area contributed by atoms with Gasteiger partial charge in [0.1, 0.15) is 10.9 Å². The van der Waals surface area contributed by atoms with Crippen LogP contribution >= 0.6 is 22.9 Å². The molecule has 0 unspecified atom stereocenters. The third-order valence-corrected chi connectivity index (χ3v) is 2.85. The average molecular weight is 233 g/mol. The highest BCUT2D eigenvalue weighted by Gasteiger charge is 2.15. The van der Waals surface area contributed by atoms with Crippen LogP contribution in [0.5, 0.6) is 0 Å². The summed E-state index contributed by atoms with van der Waals surface area (Å²) in [6.07, 6.45) is 0. The number of anilines is 1. The highest BCUT2D eigenvalue weighted by molar-refractivity contribution is 7.15. The number of aryl methyl sites for hydroxylation is 1. The molecule has 0 saturated heterocycles. The fraction of sp³-hybridized carbons (Fsp3) is 0.250. The zero-order chi connectivity index (χ0) is 10.7. The molecule has 1 heterocycles. The predicted molar refractivity (Wildman–Crippen MR) is 56.9 cm³/mol. The van der Waals surface area contributed by atoms with Crippen molar-refractivity contribution in [1.82, 2.24) is 0 Å². The Kier molecular flexibility index (Phi) is 3.49. The fourth-order valence-electron chi connectivity index (χ4n) is 1.00. The second kappa shape index (κ2) is 4.43. The molecule has 0 aliphatic carbocycles. The molecule has 1 rings (SSSR count). The van der Waals surface area contributed by atoms with Gasteiger partial charge in [-0.3, -0.25) is 9.59 Å². The Bertz CT molecular complexity index is 375. The maximum absolute atomic E-state index is 11.0. The van der Waals surface area contributed by atoms with Gasteiger partial charge in [0, 0.05) is 0 Å². The van der Waals surface area contributed by atoms with E-state index in [1.165, 1.54) is 11.3 Å². The molecule has 14 heavy (non-hydrogen) atoms. The summed E-state index contributed by atoms with van der Waals surface area (Å²) in [7, 11) is 0. The maximum atomic E-state index is 11.0. The van der Waals surface area contributed by atoms with Crippen molar-refractivity contribution in [3.63, 3.8) is 0 Å². The molecule has 0 aliphatic heterocycles. The second-order valence-electron chi connectivity index (χ2n) is 2.67. The number of amides is 2. The summed E-state index contributed by atoms with van der Waals surface area (Å²) in [5.74, 6) is -1.04. The molecule has 4 nitrogen and oxygen atoms in total. The minimum Gasteiger partial charge on any atom is -0.365 e. The highest BCUT2D eigenvalue weighted by Crippen LogP contribution is 2.27. The van der Waals surface area contributed by atoms with Crippen LogP contribution in [-0.4, -0.2) is 17.7 Å². The molecule has 0 aliphatic rings. The summed E-state index contributed by atoms with van der Waals surface area (Å²) in [4.78, 5) is 22.0. The number of nitrogens with two attached hydrogens (primary N) is 1. The average Bonchev–Trinajstić information content (AvgIpc) is 2.46. The number of rotatable bonds is 3. The maximum Gasteiger partial charge on any atom is 0.251 e. The van der Waals surface area contributed by atoms with Crippen LogP contribution in [-0.2, 0) is 4.79 Å². The number of nitrogens with one attached hydrogen (secondary N) is 1. The molecule has 3 N–H and O–H groups in total. The lowest BCUT2D eigenvalue weighted by Gasteiger charge is -2.02. The van der Waals surface area contributed by atoms with Crippen molar-refractivity contribution in [2.75, 3.05) is 11.2 Å². The first-order chi connectivity index (χ1) is 6.56. The van der Waals surface area contributed by atoms with Gasteiger partial charge in [0.15, 0.2) is 0 Å². The van der Waals surface area contributed by atoms with E-state index in [1.54, 1.807) is 12.3 Å². The van der Waals surface area contributed by atoms with Crippen molar-refractivity contribution in [1.29, 1.82) is 0 Å². The minimum atomic E-state index is -0.548. The molecule has 0 radical (unpaired) electrons. The van der Waals surface area contributed by atoms with E-state index >= 15 is 0 Å². The van der Waals surface area contributed by atoms with Gasteiger partial charge in [0.2, 0.25) is 5.91 Å². The summed E-state index contributed by atoms with van der Waals surface area (Å²) in [6.45, 7) is 1.76. The molecule has 0 spiro atoms. The van der Waals surface area contributed by atoms with Crippen LogP contribution in [0.25, 0.3) is 0 Å². The summed E-state index contributed by atoms with van der Waals surface area (Å²) < 4.78 is 0. The summed E-state index contributed by atoms with van der Waals surface area (Å²) in [5.41, 5.74) is 6.27. The molecule has 2 amide bonds. The standard InChI is InChI=1S/C8H9ClN2O2S/c1-4-3-14-8(6(4)7(10)13)11-5(12)2-9/h3H,2H2,1H3,(H2,10,13)(H,11,12). The van der Waals surface area contributed by atoms with Crippen LogP contribution in [0, 0.1) is 6.92 Å². The molecule has 0 saturated carbocycles. The smallest absolute Gasteiger partial charge is 0.251 e. The Morgan fingerprint density at radius 3 is 2.79 bits per heavy atom. The van der Waals surface area contributed by atoms with E-state index in [1.807, 2.05) is 0 Å². The lowest BCUT2D eigenvalue weighted by Crippen LogP contribution is -2.17. The molecule has 0 aromatic carbocycles. The van der Waals surface area contributed by atoms with Gasteiger partial charge < -0.3 is 11.1 Å². The minimum absolute atomic E-state index is 0.144. The number of thiophene rings is 1. The summed E-state index contributed by atoms with van der Waals surface area (Å²) in [6, 6.07) is 0.